The summed E-state index contributed by atoms with van der Waals surface area (Å²) >= 11 is 0. The molecule has 2 fully saturated rings. The van der Waals surface area contributed by atoms with Crippen LogP contribution in [0.4, 0.5) is 13.2 Å². The summed E-state index contributed by atoms with van der Waals surface area (Å²) in [7, 11) is 0. The van der Waals surface area contributed by atoms with E-state index in [9.17, 15) is 18.0 Å². The molecule has 0 aliphatic carbocycles. The first-order chi connectivity index (χ1) is 14.1. The zero-order valence-corrected chi connectivity index (χ0v) is 16.3. The van der Waals surface area contributed by atoms with Gasteiger partial charge in [-0.25, -0.2) is 4.79 Å². The van der Waals surface area contributed by atoms with Crippen LogP contribution in [0.15, 0.2) is 41.1 Å². The highest BCUT2D eigenvalue weighted by Gasteiger charge is 2.42. The molecule has 30 heavy (non-hydrogen) atoms. The molecule has 2 aromatic heterocycles. The first-order valence-electron chi connectivity index (χ1n) is 9.41. The number of furan rings is 1. The van der Waals surface area contributed by atoms with Crippen LogP contribution >= 0.6 is 0 Å². The second-order valence-corrected chi connectivity index (χ2v) is 7.44. The van der Waals surface area contributed by atoms with E-state index in [-0.39, 0.29) is 5.91 Å². The first kappa shape index (κ1) is 21.8. The Kier molecular flexibility index (Phi) is 6.45. The molecule has 2 unspecified atom stereocenters. The van der Waals surface area contributed by atoms with Crippen LogP contribution in [0, 0.1) is 18.8 Å². The molecule has 2 aliphatic heterocycles. The molecule has 4 rings (SSSR count). The van der Waals surface area contributed by atoms with Crippen molar-refractivity contribution in [1.29, 1.82) is 0 Å². The zero-order valence-electron chi connectivity index (χ0n) is 16.3. The third-order valence-electron chi connectivity index (χ3n) is 5.29. The van der Waals surface area contributed by atoms with Crippen molar-refractivity contribution in [2.45, 2.75) is 19.6 Å². The first-order valence-corrected chi connectivity index (χ1v) is 9.41. The number of nitrogens with zero attached hydrogens (tertiary/aromatic N) is 3. The number of alkyl halides is 3. The monoisotopic (exact) mass is 425 g/mol. The lowest BCUT2D eigenvalue weighted by molar-refractivity contribution is -0.192. The average molecular weight is 425 g/mol. The number of halogens is 3. The van der Waals surface area contributed by atoms with Gasteiger partial charge < -0.3 is 14.4 Å². The fourth-order valence-electron chi connectivity index (χ4n) is 3.88. The average Bonchev–Trinajstić information content (AvgIpc) is 3.36. The van der Waals surface area contributed by atoms with E-state index < -0.39 is 12.1 Å². The van der Waals surface area contributed by atoms with E-state index in [2.05, 4.69) is 16.0 Å². The van der Waals surface area contributed by atoms with Crippen LogP contribution in [-0.4, -0.2) is 64.1 Å². The molecule has 10 heteroatoms. The van der Waals surface area contributed by atoms with Crippen LogP contribution in [-0.2, 0) is 11.3 Å². The van der Waals surface area contributed by atoms with Crippen molar-refractivity contribution in [3.63, 3.8) is 0 Å². The number of aromatic nitrogens is 1. The lowest BCUT2D eigenvalue weighted by Crippen LogP contribution is -2.33. The topological polar surface area (TPSA) is 86.9 Å². The molecule has 0 aromatic carbocycles. The summed E-state index contributed by atoms with van der Waals surface area (Å²) < 4.78 is 37.0. The molecule has 0 saturated carbocycles. The number of rotatable bonds is 3. The molecule has 4 heterocycles. The van der Waals surface area contributed by atoms with E-state index in [1.54, 1.807) is 12.3 Å². The largest absolute Gasteiger partial charge is 0.490 e. The second kappa shape index (κ2) is 8.86. The number of carbonyl (C=O) groups excluding carboxylic acids is 1. The number of hydrogen-bond acceptors (Lipinski definition) is 5. The summed E-state index contributed by atoms with van der Waals surface area (Å²) in [4.78, 5) is 30.3. The quantitative estimate of drug-likeness (QED) is 0.814. The normalized spacial score (nSPS) is 21.1. The Balaban J connectivity index is 0.000000318. The van der Waals surface area contributed by atoms with Gasteiger partial charge in [-0.2, -0.15) is 13.2 Å². The highest BCUT2D eigenvalue weighted by Crippen LogP contribution is 2.32. The van der Waals surface area contributed by atoms with Crippen molar-refractivity contribution < 1.29 is 32.3 Å². The molecule has 2 aromatic rings. The molecular formula is C20H22F3N3O4. The number of pyridine rings is 1. The van der Waals surface area contributed by atoms with Crippen molar-refractivity contribution in [3.05, 3.63) is 53.7 Å². The van der Waals surface area contributed by atoms with Crippen LogP contribution in [0.5, 0.6) is 0 Å². The number of hydrogen-bond donors (Lipinski definition) is 1. The summed E-state index contributed by atoms with van der Waals surface area (Å²) in [5.41, 5.74) is 1.82. The SMILES string of the molecule is Cc1occc1C(=O)N1CC2CN(Cc3ccccn3)CC2C1.O=C(O)C(F)(F)F. The van der Waals surface area contributed by atoms with Gasteiger partial charge in [0.15, 0.2) is 0 Å². The highest BCUT2D eigenvalue weighted by molar-refractivity contribution is 5.95. The van der Waals surface area contributed by atoms with Gasteiger partial charge in [-0.15, -0.1) is 0 Å². The molecule has 2 atom stereocenters. The summed E-state index contributed by atoms with van der Waals surface area (Å²) in [6, 6.07) is 7.83. The van der Waals surface area contributed by atoms with Gasteiger partial charge in [-0.05, 0) is 37.0 Å². The number of likely N-dealkylation sites (tertiary alicyclic amines) is 2. The minimum Gasteiger partial charge on any atom is -0.475 e. The molecule has 162 valence electrons. The maximum atomic E-state index is 12.6. The molecular weight excluding hydrogens is 403 g/mol. The van der Waals surface area contributed by atoms with Crippen molar-refractivity contribution in [2.75, 3.05) is 26.2 Å². The number of carboxylic acid groups (broad SMARTS) is 1. The Morgan fingerprint density at radius 2 is 1.80 bits per heavy atom. The summed E-state index contributed by atoms with van der Waals surface area (Å²) in [6.07, 6.45) is -1.64. The van der Waals surface area contributed by atoms with Crippen molar-refractivity contribution in [3.8, 4) is 0 Å². The second-order valence-electron chi connectivity index (χ2n) is 7.44. The molecule has 7 nitrogen and oxygen atoms in total. The molecule has 1 N–H and O–H groups in total. The third kappa shape index (κ3) is 5.18. The molecule has 0 bridgehead atoms. The van der Waals surface area contributed by atoms with Crippen LogP contribution in [0.3, 0.4) is 0 Å². The Bertz CT molecular complexity index is 871. The Labute approximate surface area is 171 Å². The van der Waals surface area contributed by atoms with Gasteiger partial charge in [0.2, 0.25) is 0 Å². The van der Waals surface area contributed by atoms with E-state index >= 15 is 0 Å². The number of carbonyl (C=O) groups is 2. The predicted octanol–water partition coefficient (Wildman–Crippen LogP) is 2.82. The number of fused-ring (bicyclic) bond motifs is 1. The van der Waals surface area contributed by atoms with Crippen LogP contribution in [0.2, 0.25) is 0 Å². The lowest BCUT2D eigenvalue weighted by atomic mass is 10.0. The maximum Gasteiger partial charge on any atom is 0.490 e. The van der Waals surface area contributed by atoms with Crippen molar-refractivity contribution >= 4 is 11.9 Å². The van der Waals surface area contributed by atoms with E-state index in [0.29, 0.717) is 23.2 Å². The van der Waals surface area contributed by atoms with E-state index in [0.717, 1.165) is 38.4 Å². The van der Waals surface area contributed by atoms with Gasteiger partial charge in [-0.1, -0.05) is 6.07 Å². The third-order valence-corrected chi connectivity index (χ3v) is 5.29. The van der Waals surface area contributed by atoms with Crippen LogP contribution in [0.1, 0.15) is 21.8 Å². The number of amides is 1. The van der Waals surface area contributed by atoms with E-state index in [1.165, 1.54) is 0 Å². The van der Waals surface area contributed by atoms with Gasteiger partial charge >= 0.3 is 12.1 Å². The minimum atomic E-state index is -5.08. The van der Waals surface area contributed by atoms with Crippen molar-refractivity contribution in [2.24, 2.45) is 11.8 Å². The zero-order chi connectivity index (χ0) is 21.9. The fraction of sp³-hybridized carbons (Fsp3) is 0.450. The highest BCUT2D eigenvalue weighted by atomic mass is 19.4. The Hall–Kier alpha value is -2.88. The lowest BCUT2D eigenvalue weighted by Gasteiger charge is -2.21. The summed E-state index contributed by atoms with van der Waals surface area (Å²) in [6.45, 7) is 6.56. The van der Waals surface area contributed by atoms with E-state index in [1.807, 2.05) is 30.2 Å². The molecule has 2 saturated heterocycles. The number of aryl methyl sites for hydroxylation is 1. The van der Waals surface area contributed by atoms with Crippen LogP contribution in [0.25, 0.3) is 0 Å². The number of aliphatic carboxylic acids is 1. The predicted molar refractivity (Wildman–Crippen MR) is 99.5 cm³/mol. The van der Waals surface area contributed by atoms with Gasteiger partial charge in [0.05, 0.1) is 17.5 Å². The van der Waals surface area contributed by atoms with Gasteiger partial charge in [0, 0.05) is 38.9 Å². The maximum absolute atomic E-state index is 12.6. The smallest absolute Gasteiger partial charge is 0.475 e. The van der Waals surface area contributed by atoms with Crippen molar-refractivity contribution in [1.82, 2.24) is 14.8 Å². The Morgan fingerprint density at radius 1 is 1.17 bits per heavy atom. The van der Waals surface area contributed by atoms with Crippen LogP contribution < -0.4 is 0 Å². The van der Waals surface area contributed by atoms with Gasteiger partial charge in [0.1, 0.15) is 5.76 Å². The molecule has 1 amide bonds. The van der Waals surface area contributed by atoms with Gasteiger partial charge in [0.25, 0.3) is 5.91 Å². The molecule has 0 radical (unpaired) electrons. The standard InChI is InChI=1S/C18H21N3O2.C2HF3O2/c1-13-17(5-7-23-13)18(22)21-10-14-8-20(9-15(14)11-21)12-16-4-2-3-6-19-16;3-2(4,5)1(6)7/h2-7,14-15H,8-12H2,1H3;(H,6,7). The minimum absolute atomic E-state index is 0.113. The summed E-state index contributed by atoms with van der Waals surface area (Å²) in [5, 5.41) is 7.12. The molecule has 2 aliphatic rings. The fourth-order valence-corrected chi connectivity index (χ4v) is 3.88. The molecule has 0 spiro atoms. The van der Waals surface area contributed by atoms with Gasteiger partial charge in [-0.3, -0.25) is 14.7 Å². The summed E-state index contributed by atoms with van der Waals surface area (Å²) in [5.74, 6) is -0.775. The van der Waals surface area contributed by atoms with E-state index in [4.69, 9.17) is 14.3 Å². The Morgan fingerprint density at radius 3 is 2.27 bits per heavy atom. The number of carboxylic acids is 1.